The summed E-state index contributed by atoms with van der Waals surface area (Å²) in [6.45, 7) is 0.00230. The number of carbonyl (C=O) groups is 2. The first-order valence-corrected chi connectivity index (χ1v) is 10.5. The summed E-state index contributed by atoms with van der Waals surface area (Å²) in [6.07, 6.45) is 0.236. The second-order valence-electron chi connectivity index (χ2n) is 7.76. The molecule has 3 aromatic rings. The van der Waals surface area contributed by atoms with Crippen LogP contribution >= 0.6 is 11.6 Å². The molecule has 0 bridgehead atoms. The van der Waals surface area contributed by atoms with E-state index >= 15 is 0 Å². The number of amides is 3. The molecule has 34 heavy (non-hydrogen) atoms. The first kappa shape index (κ1) is 21.9. The van der Waals surface area contributed by atoms with Crippen molar-refractivity contribution in [3.63, 3.8) is 0 Å². The lowest BCUT2D eigenvalue weighted by atomic mass is 10.1. The molecule has 0 spiro atoms. The van der Waals surface area contributed by atoms with Gasteiger partial charge in [-0.25, -0.2) is 4.79 Å². The Bertz CT molecular complexity index is 1350. The number of aromatic nitrogens is 4. The van der Waals surface area contributed by atoms with Crippen LogP contribution in [-0.4, -0.2) is 37.6 Å². The number of alkyl halides is 3. The Morgan fingerprint density at radius 2 is 2.00 bits per heavy atom. The van der Waals surface area contributed by atoms with Crippen LogP contribution in [0.15, 0.2) is 30.1 Å². The topological polar surface area (TPSA) is 125 Å². The predicted octanol–water partition coefficient (Wildman–Crippen LogP) is 3.16. The third-order valence-electron chi connectivity index (χ3n) is 5.11. The minimum atomic E-state index is -4.58. The number of carbonyl (C=O) groups excluding carboxylic acids is 2. The molecule has 0 unspecified atom stereocenters. The molecule has 2 aliphatic rings. The van der Waals surface area contributed by atoms with Gasteiger partial charge in [0, 0.05) is 18.2 Å². The maximum absolute atomic E-state index is 13.2. The van der Waals surface area contributed by atoms with Crippen LogP contribution < -0.4 is 21.3 Å². The lowest BCUT2D eigenvalue weighted by molar-refractivity contribution is -0.137. The van der Waals surface area contributed by atoms with Crippen LogP contribution in [0.5, 0.6) is 0 Å². The lowest BCUT2D eigenvalue weighted by Gasteiger charge is -2.12. The average Bonchev–Trinajstić information content (AvgIpc) is 3.40. The Balaban J connectivity index is 1.47. The molecular formula is C20H16ClF3N8O2. The Morgan fingerprint density at radius 1 is 1.21 bits per heavy atom. The van der Waals surface area contributed by atoms with E-state index in [1.165, 1.54) is 28.9 Å². The fourth-order valence-electron chi connectivity index (χ4n) is 3.30. The zero-order valence-corrected chi connectivity index (χ0v) is 18.0. The van der Waals surface area contributed by atoms with Gasteiger partial charge in [-0.2, -0.15) is 32.8 Å². The number of nitrogens with one attached hydrogen (secondary N) is 4. The summed E-state index contributed by atoms with van der Waals surface area (Å²) in [6, 6.07) is 3.22. The van der Waals surface area contributed by atoms with Crippen molar-refractivity contribution in [1.29, 1.82) is 0 Å². The second-order valence-corrected chi connectivity index (χ2v) is 8.16. The number of halogens is 4. The Morgan fingerprint density at radius 3 is 2.68 bits per heavy atom. The summed E-state index contributed by atoms with van der Waals surface area (Å²) in [5, 5.41) is 14.5. The third kappa shape index (κ3) is 4.46. The molecule has 2 aromatic heterocycles. The van der Waals surface area contributed by atoms with Gasteiger partial charge in [0.1, 0.15) is 5.70 Å². The second kappa shape index (κ2) is 8.17. The van der Waals surface area contributed by atoms with E-state index in [1.807, 2.05) is 0 Å². The minimum absolute atomic E-state index is 0.00230. The summed E-state index contributed by atoms with van der Waals surface area (Å²) in [7, 11) is 0. The number of benzene rings is 1. The highest BCUT2D eigenvalue weighted by molar-refractivity contribution is 6.31. The van der Waals surface area contributed by atoms with Gasteiger partial charge in [-0.1, -0.05) is 17.7 Å². The van der Waals surface area contributed by atoms with E-state index in [-0.39, 0.29) is 29.3 Å². The minimum Gasteiger partial charge on any atom is -0.351 e. The molecular weight excluding hydrogens is 477 g/mol. The summed E-state index contributed by atoms with van der Waals surface area (Å²) in [4.78, 5) is 32.1. The number of imide groups is 1. The van der Waals surface area contributed by atoms with Crippen molar-refractivity contribution in [2.45, 2.75) is 31.6 Å². The molecule has 3 amide bonds. The summed E-state index contributed by atoms with van der Waals surface area (Å²) in [5.74, 6) is -0.0674. The fourth-order valence-corrected chi connectivity index (χ4v) is 3.52. The van der Waals surface area contributed by atoms with Crippen LogP contribution in [0.1, 0.15) is 29.5 Å². The van der Waals surface area contributed by atoms with Crippen molar-refractivity contribution in [3.8, 4) is 0 Å². The molecule has 10 nitrogen and oxygen atoms in total. The molecule has 3 heterocycles. The number of nitrogens with zero attached hydrogens (tertiary/aromatic N) is 4. The molecule has 0 radical (unpaired) electrons. The van der Waals surface area contributed by atoms with Gasteiger partial charge in [-0.15, -0.1) is 0 Å². The number of fused-ring (bicyclic) bond motifs is 1. The highest BCUT2D eigenvalue weighted by Crippen LogP contribution is 2.35. The molecule has 1 aliphatic heterocycles. The monoisotopic (exact) mass is 492 g/mol. The maximum atomic E-state index is 13.2. The van der Waals surface area contributed by atoms with E-state index in [2.05, 4.69) is 36.3 Å². The highest BCUT2D eigenvalue weighted by atomic mass is 35.5. The highest BCUT2D eigenvalue weighted by Gasteiger charge is 2.33. The summed E-state index contributed by atoms with van der Waals surface area (Å²) < 4.78 is 41.0. The summed E-state index contributed by atoms with van der Waals surface area (Å²) in [5.41, 5.74) is 0.197. The molecule has 2 fully saturated rings. The van der Waals surface area contributed by atoms with Gasteiger partial charge in [-0.05, 0) is 36.6 Å². The van der Waals surface area contributed by atoms with Crippen molar-refractivity contribution < 1.29 is 22.8 Å². The van der Waals surface area contributed by atoms with Crippen LogP contribution in [-0.2, 0) is 17.5 Å². The zero-order valence-electron chi connectivity index (χ0n) is 17.2. The van der Waals surface area contributed by atoms with Gasteiger partial charge in [0.05, 0.1) is 16.8 Å². The largest absolute Gasteiger partial charge is 0.417 e. The van der Waals surface area contributed by atoms with Gasteiger partial charge in [0.2, 0.25) is 11.9 Å². The number of hydrogen-bond donors (Lipinski definition) is 4. The van der Waals surface area contributed by atoms with Gasteiger partial charge < -0.3 is 16.0 Å². The smallest absolute Gasteiger partial charge is 0.351 e. The molecule has 14 heteroatoms. The number of anilines is 2. The Hall–Kier alpha value is -3.87. The van der Waals surface area contributed by atoms with Crippen LogP contribution in [0.25, 0.3) is 11.7 Å². The van der Waals surface area contributed by atoms with E-state index in [4.69, 9.17) is 11.6 Å². The van der Waals surface area contributed by atoms with E-state index in [0.29, 0.717) is 22.7 Å². The van der Waals surface area contributed by atoms with Crippen molar-refractivity contribution in [1.82, 2.24) is 30.2 Å². The zero-order chi connectivity index (χ0) is 24.0. The predicted molar refractivity (Wildman–Crippen MR) is 116 cm³/mol. The van der Waals surface area contributed by atoms with Crippen molar-refractivity contribution >= 4 is 47.2 Å². The first-order chi connectivity index (χ1) is 16.2. The number of urea groups is 1. The lowest BCUT2D eigenvalue weighted by Crippen LogP contribution is -2.22. The van der Waals surface area contributed by atoms with Crippen molar-refractivity contribution in [2.24, 2.45) is 0 Å². The molecule has 1 aromatic carbocycles. The molecule has 1 saturated heterocycles. The molecule has 4 N–H and O–H groups in total. The standard InChI is InChI=1S/C20H16ClF3N8O2/c21-13-4-1-9(5-12(13)20(22,23)24)7-25-17-29-15-10(6-14-16(33)30-19(34)28-14)8-26-32(15)18(31-17)27-11-2-3-11/h1,4-6,8,11H,2-3,7H2,(H2,25,27,29,31)(H2,28,30,33,34)/b14-6-. The third-order valence-corrected chi connectivity index (χ3v) is 5.44. The first-order valence-electron chi connectivity index (χ1n) is 10.1. The average molecular weight is 493 g/mol. The SMILES string of the molecule is O=C1NC(=O)/C(=C/c2cnn3c(NC4CC4)nc(NCc4ccc(Cl)c(C(F)(F)F)c4)nc23)N1. The van der Waals surface area contributed by atoms with Crippen molar-refractivity contribution in [3.05, 3.63) is 51.8 Å². The molecule has 176 valence electrons. The van der Waals surface area contributed by atoms with Gasteiger partial charge in [-0.3, -0.25) is 10.1 Å². The van der Waals surface area contributed by atoms with E-state index in [9.17, 15) is 22.8 Å². The van der Waals surface area contributed by atoms with Crippen LogP contribution in [0.3, 0.4) is 0 Å². The number of hydrogen-bond acceptors (Lipinski definition) is 7. The van der Waals surface area contributed by atoms with E-state index in [1.54, 1.807) is 0 Å². The maximum Gasteiger partial charge on any atom is 0.417 e. The van der Waals surface area contributed by atoms with Crippen LogP contribution in [0.4, 0.5) is 29.9 Å². The van der Waals surface area contributed by atoms with Gasteiger partial charge in [0.15, 0.2) is 5.65 Å². The van der Waals surface area contributed by atoms with Crippen molar-refractivity contribution in [2.75, 3.05) is 10.6 Å². The van der Waals surface area contributed by atoms with E-state index < -0.39 is 23.7 Å². The Labute approximate surface area is 194 Å². The quantitative estimate of drug-likeness (QED) is 0.307. The van der Waals surface area contributed by atoms with Crippen LogP contribution in [0, 0.1) is 0 Å². The fraction of sp³-hybridized carbons (Fsp3) is 0.250. The molecule has 5 rings (SSSR count). The van der Waals surface area contributed by atoms with Gasteiger partial charge in [0.25, 0.3) is 5.91 Å². The molecule has 1 aliphatic carbocycles. The molecule has 1 saturated carbocycles. The summed E-state index contributed by atoms with van der Waals surface area (Å²) >= 11 is 5.69. The van der Waals surface area contributed by atoms with E-state index in [0.717, 1.165) is 18.9 Å². The number of rotatable bonds is 6. The Kier molecular flexibility index (Phi) is 5.27. The van der Waals surface area contributed by atoms with Crippen LogP contribution in [0.2, 0.25) is 5.02 Å². The molecule has 0 atom stereocenters. The normalized spacial score (nSPS) is 17.2. The van der Waals surface area contributed by atoms with Gasteiger partial charge >= 0.3 is 12.2 Å².